The molecular formula is C10H14N2O4. The summed E-state index contributed by atoms with van der Waals surface area (Å²) in [7, 11) is 0. The Hall–Kier alpha value is -1.85. The van der Waals surface area contributed by atoms with Gasteiger partial charge < -0.3 is 14.9 Å². The minimum absolute atomic E-state index is 0.0937. The molecule has 1 aromatic heterocycles. The number of aliphatic carboxylic acids is 1. The van der Waals surface area contributed by atoms with E-state index in [0.717, 1.165) is 0 Å². The predicted octanol–water partition coefficient (Wildman–Crippen LogP) is 0.505. The average Bonchev–Trinajstić information content (AvgIpc) is 2.48. The van der Waals surface area contributed by atoms with Crippen LogP contribution in [0.2, 0.25) is 0 Å². The molecule has 6 nitrogen and oxygen atoms in total. The maximum Gasteiger partial charge on any atom is 0.305 e. The van der Waals surface area contributed by atoms with Crippen molar-refractivity contribution in [3.8, 4) is 0 Å². The molecule has 0 aliphatic heterocycles. The van der Waals surface area contributed by atoms with E-state index in [9.17, 15) is 9.59 Å². The number of carboxylic acid groups (broad SMARTS) is 1. The molecule has 0 saturated carbocycles. The van der Waals surface area contributed by atoms with Crippen molar-refractivity contribution in [3.05, 3.63) is 17.5 Å². The highest BCUT2D eigenvalue weighted by atomic mass is 16.5. The van der Waals surface area contributed by atoms with E-state index in [1.54, 1.807) is 19.9 Å². The Labute approximate surface area is 92.6 Å². The van der Waals surface area contributed by atoms with Crippen LogP contribution in [0.3, 0.4) is 0 Å². The number of carbonyl (C=O) groups excluding carboxylic acids is 1. The molecule has 16 heavy (non-hydrogen) atoms. The minimum Gasteiger partial charge on any atom is -0.481 e. The van der Waals surface area contributed by atoms with Gasteiger partial charge in [0.1, 0.15) is 5.76 Å². The lowest BCUT2D eigenvalue weighted by molar-refractivity contribution is -0.137. The van der Waals surface area contributed by atoms with Crippen LogP contribution in [0, 0.1) is 6.92 Å². The molecule has 1 unspecified atom stereocenters. The lowest BCUT2D eigenvalue weighted by atomic mass is 10.2. The second-order valence-corrected chi connectivity index (χ2v) is 3.67. The molecule has 88 valence electrons. The van der Waals surface area contributed by atoms with E-state index < -0.39 is 12.0 Å². The molecule has 1 aromatic rings. The van der Waals surface area contributed by atoms with Crippen LogP contribution in [0.15, 0.2) is 10.6 Å². The van der Waals surface area contributed by atoms with Gasteiger partial charge in [-0.15, -0.1) is 0 Å². The molecule has 0 saturated heterocycles. The van der Waals surface area contributed by atoms with Crippen molar-refractivity contribution in [3.63, 3.8) is 0 Å². The standard InChI is InChI=1S/C10H14N2O4/c1-6(3-10(14)15)11-9(13)5-8-4-7(2)16-12-8/h4,6H,3,5H2,1-2H3,(H,11,13)(H,14,15). The molecule has 0 aliphatic rings. The summed E-state index contributed by atoms with van der Waals surface area (Å²) in [5.74, 6) is -0.562. The average molecular weight is 226 g/mol. The van der Waals surface area contributed by atoms with Crippen molar-refractivity contribution in [2.75, 3.05) is 0 Å². The first-order chi connectivity index (χ1) is 7.47. The molecule has 0 bridgehead atoms. The lowest BCUT2D eigenvalue weighted by Crippen LogP contribution is -2.35. The van der Waals surface area contributed by atoms with Gasteiger partial charge in [0.25, 0.3) is 0 Å². The number of nitrogens with zero attached hydrogens (tertiary/aromatic N) is 1. The van der Waals surface area contributed by atoms with E-state index in [4.69, 9.17) is 9.63 Å². The Kier molecular flexibility index (Phi) is 4.04. The highest BCUT2D eigenvalue weighted by molar-refractivity contribution is 5.79. The molecule has 0 spiro atoms. The van der Waals surface area contributed by atoms with Gasteiger partial charge in [-0.2, -0.15) is 0 Å². The van der Waals surface area contributed by atoms with E-state index in [-0.39, 0.29) is 18.7 Å². The molecule has 0 fully saturated rings. The first-order valence-corrected chi connectivity index (χ1v) is 4.90. The number of amides is 1. The Bertz CT molecular complexity index is 386. The van der Waals surface area contributed by atoms with Crippen LogP contribution in [0.4, 0.5) is 0 Å². The van der Waals surface area contributed by atoms with Crippen LogP contribution in [0.5, 0.6) is 0 Å². The summed E-state index contributed by atoms with van der Waals surface area (Å²) in [6.45, 7) is 3.38. The number of aromatic nitrogens is 1. The van der Waals surface area contributed by atoms with Crippen molar-refractivity contribution in [2.24, 2.45) is 0 Å². The minimum atomic E-state index is -0.940. The summed E-state index contributed by atoms with van der Waals surface area (Å²) in [6, 6.07) is 1.28. The smallest absolute Gasteiger partial charge is 0.305 e. The summed E-state index contributed by atoms with van der Waals surface area (Å²) in [5.41, 5.74) is 0.539. The summed E-state index contributed by atoms with van der Waals surface area (Å²) < 4.78 is 4.81. The normalized spacial score (nSPS) is 12.1. The Morgan fingerprint density at radius 1 is 1.62 bits per heavy atom. The van der Waals surface area contributed by atoms with E-state index in [1.807, 2.05) is 0 Å². The third kappa shape index (κ3) is 4.12. The number of carbonyl (C=O) groups is 2. The fourth-order valence-electron chi connectivity index (χ4n) is 1.30. The number of hydrogen-bond acceptors (Lipinski definition) is 4. The van der Waals surface area contributed by atoms with Crippen molar-refractivity contribution < 1.29 is 19.2 Å². The van der Waals surface area contributed by atoms with Gasteiger partial charge in [0, 0.05) is 12.1 Å². The van der Waals surface area contributed by atoms with Crippen molar-refractivity contribution in [1.82, 2.24) is 10.5 Å². The second kappa shape index (κ2) is 5.29. The molecule has 1 amide bonds. The highest BCUT2D eigenvalue weighted by Gasteiger charge is 2.12. The first-order valence-electron chi connectivity index (χ1n) is 4.90. The van der Waals surface area contributed by atoms with Gasteiger partial charge >= 0.3 is 5.97 Å². The Morgan fingerprint density at radius 3 is 2.81 bits per heavy atom. The van der Waals surface area contributed by atoms with E-state index in [0.29, 0.717) is 11.5 Å². The van der Waals surface area contributed by atoms with Gasteiger partial charge in [-0.1, -0.05) is 5.16 Å². The van der Waals surface area contributed by atoms with Crippen LogP contribution in [0.1, 0.15) is 24.8 Å². The lowest BCUT2D eigenvalue weighted by Gasteiger charge is -2.10. The summed E-state index contributed by atoms with van der Waals surface area (Å²) in [5, 5.41) is 14.8. The number of aryl methyl sites for hydroxylation is 1. The van der Waals surface area contributed by atoms with Gasteiger partial charge in [0.05, 0.1) is 18.5 Å². The zero-order valence-corrected chi connectivity index (χ0v) is 9.19. The van der Waals surface area contributed by atoms with E-state index >= 15 is 0 Å². The Morgan fingerprint density at radius 2 is 2.31 bits per heavy atom. The van der Waals surface area contributed by atoms with Crippen LogP contribution in [-0.4, -0.2) is 28.2 Å². The summed E-state index contributed by atoms with van der Waals surface area (Å²) in [4.78, 5) is 21.8. The van der Waals surface area contributed by atoms with Crippen molar-refractivity contribution in [2.45, 2.75) is 32.7 Å². The predicted molar refractivity (Wildman–Crippen MR) is 54.8 cm³/mol. The summed E-state index contributed by atoms with van der Waals surface area (Å²) in [6.07, 6.45) is 0.00484. The quantitative estimate of drug-likeness (QED) is 0.762. The van der Waals surface area contributed by atoms with E-state index in [1.165, 1.54) is 0 Å². The monoisotopic (exact) mass is 226 g/mol. The highest BCUT2D eigenvalue weighted by Crippen LogP contribution is 2.02. The second-order valence-electron chi connectivity index (χ2n) is 3.67. The molecule has 2 N–H and O–H groups in total. The fourth-order valence-corrected chi connectivity index (χ4v) is 1.30. The number of nitrogens with one attached hydrogen (secondary N) is 1. The van der Waals surface area contributed by atoms with Gasteiger partial charge in [0.15, 0.2) is 0 Å². The largest absolute Gasteiger partial charge is 0.481 e. The zero-order chi connectivity index (χ0) is 12.1. The zero-order valence-electron chi connectivity index (χ0n) is 9.19. The van der Waals surface area contributed by atoms with Crippen LogP contribution in [-0.2, 0) is 16.0 Å². The van der Waals surface area contributed by atoms with E-state index in [2.05, 4.69) is 10.5 Å². The maximum atomic E-state index is 11.4. The number of carboxylic acids is 1. The fraction of sp³-hybridized carbons (Fsp3) is 0.500. The van der Waals surface area contributed by atoms with Gasteiger partial charge in [-0.05, 0) is 13.8 Å². The van der Waals surface area contributed by atoms with Crippen LogP contribution < -0.4 is 5.32 Å². The molecule has 1 rings (SSSR count). The number of hydrogen-bond donors (Lipinski definition) is 2. The maximum absolute atomic E-state index is 11.4. The third-order valence-corrected chi connectivity index (χ3v) is 1.91. The molecule has 1 heterocycles. The van der Waals surface area contributed by atoms with Gasteiger partial charge in [-0.25, -0.2) is 0 Å². The van der Waals surface area contributed by atoms with Gasteiger partial charge in [-0.3, -0.25) is 9.59 Å². The molecule has 0 radical (unpaired) electrons. The summed E-state index contributed by atoms with van der Waals surface area (Å²) >= 11 is 0. The first kappa shape index (κ1) is 12.2. The van der Waals surface area contributed by atoms with Crippen molar-refractivity contribution >= 4 is 11.9 Å². The van der Waals surface area contributed by atoms with Crippen LogP contribution in [0.25, 0.3) is 0 Å². The molecular weight excluding hydrogens is 212 g/mol. The molecule has 6 heteroatoms. The SMILES string of the molecule is Cc1cc(CC(=O)NC(C)CC(=O)O)no1. The molecule has 0 aromatic carbocycles. The third-order valence-electron chi connectivity index (χ3n) is 1.91. The molecule has 1 atom stereocenters. The number of rotatable bonds is 5. The van der Waals surface area contributed by atoms with Gasteiger partial charge in [0.2, 0.25) is 5.91 Å². The molecule has 0 aliphatic carbocycles. The Balaban J connectivity index is 2.38. The van der Waals surface area contributed by atoms with Crippen LogP contribution >= 0.6 is 0 Å². The van der Waals surface area contributed by atoms with Crippen molar-refractivity contribution in [1.29, 1.82) is 0 Å². The topological polar surface area (TPSA) is 92.4 Å².